The predicted molar refractivity (Wildman–Crippen MR) is 77.2 cm³/mol. The average molecular weight is 260 g/mol. The number of aromatic nitrogens is 1. The molecule has 0 amide bonds. The monoisotopic (exact) mass is 260 g/mol. The molecule has 3 nitrogen and oxygen atoms in total. The van der Waals surface area contributed by atoms with Crippen molar-refractivity contribution in [2.45, 2.75) is 25.5 Å². The van der Waals surface area contributed by atoms with Crippen LogP contribution in [0.2, 0.25) is 0 Å². The summed E-state index contributed by atoms with van der Waals surface area (Å²) in [6.45, 7) is 5.69. The summed E-state index contributed by atoms with van der Waals surface area (Å²) in [5, 5.41) is 1.09. The van der Waals surface area contributed by atoms with Crippen molar-refractivity contribution in [2.24, 2.45) is 4.40 Å². The summed E-state index contributed by atoms with van der Waals surface area (Å²) in [6, 6.07) is 11.8. The van der Waals surface area contributed by atoms with Crippen molar-refractivity contribution >= 4 is 28.1 Å². The number of nitrogens with zero attached hydrogens (tertiary/aromatic N) is 2. The fourth-order valence-electron chi connectivity index (χ4n) is 1.41. The number of fused-ring (bicyclic) bond motifs is 1. The van der Waals surface area contributed by atoms with E-state index in [4.69, 9.17) is 0 Å². The molecule has 1 aromatic carbocycles. The second-order valence-electron chi connectivity index (χ2n) is 5.02. The number of pyridine rings is 1. The van der Waals surface area contributed by atoms with E-state index in [9.17, 15) is 4.21 Å². The topological polar surface area (TPSA) is 42.3 Å². The lowest BCUT2D eigenvalue weighted by Crippen LogP contribution is -2.19. The van der Waals surface area contributed by atoms with Crippen molar-refractivity contribution in [3.63, 3.8) is 0 Å². The van der Waals surface area contributed by atoms with E-state index >= 15 is 0 Å². The zero-order valence-corrected chi connectivity index (χ0v) is 11.6. The van der Waals surface area contributed by atoms with Crippen LogP contribution in [0.25, 0.3) is 10.9 Å². The third-order valence-corrected chi connectivity index (χ3v) is 3.77. The highest BCUT2D eigenvalue weighted by atomic mass is 32.2. The Kier molecular flexibility index (Phi) is 3.57. The van der Waals surface area contributed by atoms with Crippen molar-refractivity contribution < 1.29 is 4.21 Å². The van der Waals surface area contributed by atoms with Crippen LogP contribution in [0.3, 0.4) is 0 Å². The van der Waals surface area contributed by atoms with Gasteiger partial charge < -0.3 is 0 Å². The fraction of sp³-hybridized carbons (Fsp3) is 0.286. The van der Waals surface area contributed by atoms with Gasteiger partial charge in [-0.3, -0.25) is 0 Å². The molecule has 0 radical (unpaired) electrons. The van der Waals surface area contributed by atoms with Crippen LogP contribution in [-0.4, -0.2) is 20.2 Å². The molecule has 0 spiro atoms. The van der Waals surface area contributed by atoms with Crippen LogP contribution in [0.15, 0.2) is 40.8 Å². The van der Waals surface area contributed by atoms with Gasteiger partial charge in [-0.05, 0) is 32.9 Å². The van der Waals surface area contributed by atoms with Crippen molar-refractivity contribution in [1.29, 1.82) is 0 Å². The molecule has 0 saturated carbocycles. The Morgan fingerprint density at radius 1 is 1.17 bits per heavy atom. The van der Waals surface area contributed by atoms with Gasteiger partial charge in [-0.2, -0.15) is 4.40 Å². The Hall–Kier alpha value is -1.55. The van der Waals surface area contributed by atoms with E-state index in [0.717, 1.165) is 16.6 Å². The molecule has 1 aromatic heterocycles. The van der Waals surface area contributed by atoms with E-state index in [0.29, 0.717) is 0 Å². The highest BCUT2D eigenvalue weighted by molar-refractivity contribution is 7.85. The summed E-state index contributed by atoms with van der Waals surface area (Å²) in [5.74, 6) is 0. The minimum absolute atomic E-state index is 0.340. The molecule has 0 saturated heterocycles. The molecule has 2 rings (SSSR count). The lowest BCUT2D eigenvalue weighted by Gasteiger charge is -2.12. The minimum atomic E-state index is -1.24. The zero-order valence-electron chi connectivity index (χ0n) is 10.8. The highest BCUT2D eigenvalue weighted by Gasteiger charge is 2.18. The second kappa shape index (κ2) is 4.98. The maximum absolute atomic E-state index is 11.8. The molecule has 18 heavy (non-hydrogen) atoms. The lowest BCUT2D eigenvalue weighted by atomic mass is 10.2. The molecule has 94 valence electrons. The van der Waals surface area contributed by atoms with E-state index < -0.39 is 11.0 Å². The first-order valence-electron chi connectivity index (χ1n) is 5.79. The summed E-state index contributed by atoms with van der Waals surface area (Å²) in [5.41, 5.74) is 1.65. The van der Waals surface area contributed by atoms with Gasteiger partial charge in [-0.25, -0.2) is 9.19 Å². The molecule has 0 unspecified atom stereocenters. The third-order valence-electron chi connectivity index (χ3n) is 2.42. The van der Waals surface area contributed by atoms with E-state index in [1.54, 1.807) is 6.21 Å². The van der Waals surface area contributed by atoms with Gasteiger partial charge in [-0.15, -0.1) is 0 Å². The Labute approximate surface area is 110 Å². The van der Waals surface area contributed by atoms with Gasteiger partial charge >= 0.3 is 0 Å². The third kappa shape index (κ3) is 3.01. The summed E-state index contributed by atoms with van der Waals surface area (Å²) in [6.07, 6.45) is 1.58. The Morgan fingerprint density at radius 2 is 1.89 bits per heavy atom. The highest BCUT2D eigenvalue weighted by Crippen LogP contribution is 2.13. The van der Waals surface area contributed by atoms with E-state index in [1.165, 1.54) is 0 Å². The standard InChI is InChI=1S/C14H16N2OS/c1-14(2,3)18(17)15-10-12-9-8-11-6-4-5-7-13(11)16-12/h4-10H,1-3H3/b15-10+/t18-/m1/s1. The summed E-state index contributed by atoms with van der Waals surface area (Å²) < 4.78 is 15.5. The smallest absolute Gasteiger partial charge is 0.144 e. The quantitative estimate of drug-likeness (QED) is 0.779. The SMILES string of the molecule is CC(C)(C)[S@@](=O)/N=C/c1ccc2ccccc2n1. The first-order chi connectivity index (χ1) is 8.47. The van der Waals surface area contributed by atoms with Crippen LogP contribution in [0, 0.1) is 0 Å². The lowest BCUT2D eigenvalue weighted by molar-refractivity contribution is 0.651. The number of benzene rings is 1. The Bertz CT molecular complexity index is 614. The number of hydrogen-bond donors (Lipinski definition) is 0. The fourth-order valence-corrected chi connectivity index (χ4v) is 1.93. The Balaban J connectivity index is 2.27. The first-order valence-corrected chi connectivity index (χ1v) is 6.89. The molecule has 4 heteroatoms. The Morgan fingerprint density at radius 3 is 2.61 bits per heavy atom. The molecule has 0 aliphatic carbocycles. The summed E-state index contributed by atoms with van der Waals surface area (Å²) in [7, 11) is -1.24. The molecule has 2 aromatic rings. The van der Waals surface area contributed by atoms with Crippen LogP contribution in [0.1, 0.15) is 26.5 Å². The van der Waals surface area contributed by atoms with Crippen molar-refractivity contribution in [3.05, 3.63) is 42.1 Å². The summed E-state index contributed by atoms with van der Waals surface area (Å²) >= 11 is 0. The zero-order chi connectivity index (χ0) is 13.2. The number of para-hydroxylation sites is 1. The molecule has 0 aliphatic rings. The van der Waals surface area contributed by atoms with Crippen molar-refractivity contribution in [2.75, 3.05) is 0 Å². The van der Waals surface area contributed by atoms with Gasteiger partial charge in [0, 0.05) is 5.39 Å². The van der Waals surface area contributed by atoms with Gasteiger partial charge in [0.15, 0.2) is 0 Å². The molecule has 1 heterocycles. The molecule has 1 atom stereocenters. The molecule has 0 N–H and O–H groups in total. The number of hydrogen-bond acceptors (Lipinski definition) is 2. The van der Waals surface area contributed by atoms with Crippen LogP contribution < -0.4 is 0 Å². The van der Waals surface area contributed by atoms with Crippen LogP contribution in [0.5, 0.6) is 0 Å². The molecule has 0 aliphatic heterocycles. The molecular weight excluding hydrogens is 244 g/mol. The molecule has 0 fully saturated rings. The summed E-state index contributed by atoms with van der Waals surface area (Å²) in [4.78, 5) is 4.45. The van der Waals surface area contributed by atoms with Crippen molar-refractivity contribution in [1.82, 2.24) is 4.98 Å². The largest absolute Gasteiger partial charge is 0.247 e. The van der Waals surface area contributed by atoms with Crippen LogP contribution >= 0.6 is 0 Å². The van der Waals surface area contributed by atoms with Gasteiger partial charge in [-0.1, -0.05) is 24.3 Å². The molecule has 0 bridgehead atoms. The van der Waals surface area contributed by atoms with E-state index in [2.05, 4.69) is 9.38 Å². The molecular formula is C14H16N2OS. The number of rotatable bonds is 2. The van der Waals surface area contributed by atoms with Crippen LogP contribution in [-0.2, 0) is 11.0 Å². The minimum Gasteiger partial charge on any atom is -0.247 e. The van der Waals surface area contributed by atoms with Gasteiger partial charge in [0.1, 0.15) is 11.0 Å². The normalized spacial score (nSPS) is 14.2. The predicted octanol–water partition coefficient (Wildman–Crippen LogP) is 3.12. The van der Waals surface area contributed by atoms with Crippen molar-refractivity contribution in [3.8, 4) is 0 Å². The van der Waals surface area contributed by atoms with Gasteiger partial charge in [0.05, 0.1) is 22.2 Å². The maximum atomic E-state index is 11.8. The maximum Gasteiger partial charge on any atom is 0.144 e. The average Bonchev–Trinajstić information content (AvgIpc) is 2.34. The van der Waals surface area contributed by atoms with Gasteiger partial charge in [0.2, 0.25) is 0 Å². The second-order valence-corrected chi connectivity index (χ2v) is 6.96. The van der Waals surface area contributed by atoms with E-state index in [1.807, 2.05) is 57.2 Å². The van der Waals surface area contributed by atoms with Crippen LogP contribution in [0.4, 0.5) is 0 Å². The first kappa shape index (κ1) is 12.9. The van der Waals surface area contributed by atoms with E-state index in [-0.39, 0.29) is 4.75 Å². The van der Waals surface area contributed by atoms with Gasteiger partial charge in [0.25, 0.3) is 0 Å².